The van der Waals surface area contributed by atoms with E-state index in [1.807, 2.05) is 54.6 Å². The molecule has 3 nitrogen and oxygen atoms in total. The highest BCUT2D eigenvalue weighted by Crippen LogP contribution is 2.23. The van der Waals surface area contributed by atoms with E-state index in [1.54, 1.807) is 0 Å². The van der Waals surface area contributed by atoms with Gasteiger partial charge in [0.2, 0.25) is 0 Å². The van der Waals surface area contributed by atoms with E-state index in [0.29, 0.717) is 11.6 Å². The van der Waals surface area contributed by atoms with Gasteiger partial charge in [-0.05, 0) is 23.8 Å². The third-order valence-corrected chi connectivity index (χ3v) is 2.99. The second-order valence-electron chi connectivity index (χ2n) is 3.86. The molecule has 2 aromatic carbocycles. The summed E-state index contributed by atoms with van der Waals surface area (Å²) in [4.78, 5) is 0. The Balaban J connectivity index is 2.04. The van der Waals surface area contributed by atoms with Crippen LogP contribution in [0.3, 0.4) is 0 Å². The monoisotopic (exact) mass is 262 g/mol. The van der Waals surface area contributed by atoms with Crippen LogP contribution >= 0.6 is 11.6 Å². The summed E-state index contributed by atoms with van der Waals surface area (Å²) in [7, 11) is 0. The second-order valence-corrected chi connectivity index (χ2v) is 4.27. The molecule has 1 atom stereocenters. The van der Waals surface area contributed by atoms with Crippen LogP contribution in [0.25, 0.3) is 0 Å². The lowest BCUT2D eigenvalue weighted by atomic mass is 10.1. The van der Waals surface area contributed by atoms with Crippen molar-refractivity contribution in [2.24, 2.45) is 5.84 Å². The fourth-order valence-electron chi connectivity index (χ4n) is 1.68. The minimum atomic E-state index is -0.140. The molecule has 0 aromatic heterocycles. The van der Waals surface area contributed by atoms with Crippen molar-refractivity contribution in [3.05, 3.63) is 65.2 Å². The summed E-state index contributed by atoms with van der Waals surface area (Å²) in [6.07, 6.45) is 0. The highest BCUT2D eigenvalue weighted by atomic mass is 35.5. The first-order chi connectivity index (χ1) is 8.81. The number of hydrogen-bond acceptors (Lipinski definition) is 3. The SMILES string of the molecule is NNC(COc1ccccc1)c1ccccc1Cl. The van der Waals surface area contributed by atoms with Crippen molar-refractivity contribution in [3.63, 3.8) is 0 Å². The van der Waals surface area contributed by atoms with Crippen molar-refractivity contribution in [2.45, 2.75) is 6.04 Å². The zero-order valence-electron chi connectivity index (χ0n) is 9.84. The number of benzene rings is 2. The van der Waals surface area contributed by atoms with Crippen LogP contribution in [0, 0.1) is 0 Å². The Kier molecular flexibility index (Phi) is 4.59. The molecule has 0 bridgehead atoms. The number of nitrogens with one attached hydrogen (secondary N) is 1. The van der Waals surface area contributed by atoms with Gasteiger partial charge in [0, 0.05) is 5.02 Å². The van der Waals surface area contributed by atoms with E-state index in [0.717, 1.165) is 11.3 Å². The van der Waals surface area contributed by atoms with Crippen LogP contribution in [-0.4, -0.2) is 6.61 Å². The zero-order chi connectivity index (χ0) is 12.8. The first-order valence-corrected chi connectivity index (χ1v) is 6.07. The van der Waals surface area contributed by atoms with Gasteiger partial charge >= 0.3 is 0 Å². The van der Waals surface area contributed by atoms with Crippen LogP contribution in [0.2, 0.25) is 5.02 Å². The molecule has 0 saturated heterocycles. The van der Waals surface area contributed by atoms with Crippen LogP contribution in [0.4, 0.5) is 0 Å². The van der Waals surface area contributed by atoms with Crippen LogP contribution < -0.4 is 16.0 Å². The van der Waals surface area contributed by atoms with Gasteiger partial charge in [-0.2, -0.15) is 0 Å². The van der Waals surface area contributed by atoms with E-state index in [9.17, 15) is 0 Å². The molecule has 0 aliphatic heterocycles. The molecule has 0 radical (unpaired) electrons. The van der Waals surface area contributed by atoms with Gasteiger partial charge in [-0.25, -0.2) is 5.43 Å². The molecule has 0 spiro atoms. The summed E-state index contributed by atoms with van der Waals surface area (Å²) in [5.74, 6) is 6.36. The first-order valence-electron chi connectivity index (χ1n) is 5.69. The average Bonchev–Trinajstić information content (AvgIpc) is 2.42. The number of para-hydroxylation sites is 1. The average molecular weight is 263 g/mol. The van der Waals surface area contributed by atoms with Gasteiger partial charge in [0.15, 0.2) is 0 Å². The Labute approximate surface area is 111 Å². The Hall–Kier alpha value is -1.55. The van der Waals surface area contributed by atoms with Gasteiger partial charge in [-0.15, -0.1) is 0 Å². The predicted molar refractivity (Wildman–Crippen MR) is 73.5 cm³/mol. The smallest absolute Gasteiger partial charge is 0.119 e. The Bertz CT molecular complexity index is 490. The number of rotatable bonds is 5. The number of nitrogens with two attached hydrogens (primary N) is 1. The minimum absolute atomic E-state index is 0.140. The molecule has 0 heterocycles. The standard InChI is InChI=1S/C14H15ClN2O/c15-13-9-5-4-8-12(13)14(17-16)10-18-11-6-2-1-3-7-11/h1-9,14,17H,10,16H2. The summed E-state index contributed by atoms with van der Waals surface area (Å²) in [6, 6.07) is 17.0. The predicted octanol–water partition coefficient (Wildman–Crippen LogP) is 2.92. The molecule has 0 saturated carbocycles. The maximum Gasteiger partial charge on any atom is 0.119 e. The van der Waals surface area contributed by atoms with E-state index < -0.39 is 0 Å². The lowest BCUT2D eigenvalue weighted by Gasteiger charge is -2.18. The number of hydrazine groups is 1. The van der Waals surface area contributed by atoms with Gasteiger partial charge in [-0.1, -0.05) is 48.0 Å². The molecule has 18 heavy (non-hydrogen) atoms. The third-order valence-electron chi connectivity index (χ3n) is 2.64. The number of halogens is 1. The summed E-state index contributed by atoms with van der Waals surface area (Å²) < 4.78 is 5.67. The molecule has 1 unspecified atom stereocenters. The van der Waals surface area contributed by atoms with Crippen LogP contribution in [0.5, 0.6) is 5.75 Å². The minimum Gasteiger partial charge on any atom is -0.492 e. The molecule has 0 amide bonds. The van der Waals surface area contributed by atoms with E-state index in [1.165, 1.54) is 0 Å². The summed E-state index contributed by atoms with van der Waals surface area (Å²) in [5, 5.41) is 0.678. The van der Waals surface area contributed by atoms with E-state index in [2.05, 4.69) is 5.43 Å². The van der Waals surface area contributed by atoms with Crippen molar-refractivity contribution in [1.29, 1.82) is 0 Å². The Morgan fingerprint density at radius 1 is 1.06 bits per heavy atom. The zero-order valence-corrected chi connectivity index (χ0v) is 10.6. The molecular weight excluding hydrogens is 248 g/mol. The first kappa shape index (κ1) is 12.9. The van der Waals surface area contributed by atoms with Gasteiger partial charge in [0.1, 0.15) is 12.4 Å². The molecule has 0 fully saturated rings. The van der Waals surface area contributed by atoms with Crippen molar-refractivity contribution in [2.75, 3.05) is 6.61 Å². The highest BCUT2D eigenvalue weighted by molar-refractivity contribution is 6.31. The second kappa shape index (κ2) is 6.40. The van der Waals surface area contributed by atoms with Crippen molar-refractivity contribution < 1.29 is 4.74 Å². The Morgan fingerprint density at radius 3 is 2.39 bits per heavy atom. The van der Waals surface area contributed by atoms with Crippen LogP contribution in [0.1, 0.15) is 11.6 Å². The summed E-state index contributed by atoms with van der Waals surface area (Å²) >= 11 is 6.13. The topological polar surface area (TPSA) is 47.3 Å². The van der Waals surface area contributed by atoms with Crippen molar-refractivity contribution in [3.8, 4) is 5.75 Å². The maximum absolute atomic E-state index is 6.13. The molecular formula is C14H15ClN2O. The fourth-order valence-corrected chi connectivity index (χ4v) is 1.95. The van der Waals surface area contributed by atoms with Gasteiger partial charge in [0.05, 0.1) is 6.04 Å². The third kappa shape index (κ3) is 3.23. The maximum atomic E-state index is 6.13. The lowest BCUT2D eigenvalue weighted by molar-refractivity contribution is 0.267. The summed E-state index contributed by atoms with van der Waals surface area (Å²) in [5.41, 5.74) is 3.65. The number of hydrogen-bond donors (Lipinski definition) is 2. The van der Waals surface area contributed by atoms with E-state index >= 15 is 0 Å². The number of ether oxygens (including phenoxy) is 1. The molecule has 94 valence electrons. The lowest BCUT2D eigenvalue weighted by Crippen LogP contribution is -2.32. The van der Waals surface area contributed by atoms with Crippen molar-refractivity contribution in [1.82, 2.24) is 5.43 Å². The summed E-state index contributed by atoms with van der Waals surface area (Å²) in [6.45, 7) is 0.421. The van der Waals surface area contributed by atoms with Gasteiger partial charge in [0.25, 0.3) is 0 Å². The molecule has 0 aliphatic rings. The fraction of sp³-hybridized carbons (Fsp3) is 0.143. The quantitative estimate of drug-likeness (QED) is 0.643. The molecule has 2 rings (SSSR count). The highest BCUT2D eigenvalue weighted by Gasteiger charge is 2.13. The molecule has 3 N–H and O–H groups in total. The molecule has 0 aliphatic carbocycles. The normalized spacial score (nSPS) is 12.1. The largest absolute Gasteiger partial charge is 0.492 e. The van der Waals surface area contributed by atoms with E-state index in [4.69, 9.17) is 22.2 Å². The Morgan fingerprint density at radius 2 is 1.72 bits per heavy atom. The van der Waals surface area contributed by atoms with Crippen LogP contribution in [-0.2, 0) is 0 Å². The van der Waals surface area contributed by atoms with E-state index in [-0.39, 0.29) is 6.04 Å². The van der Waals surface area contributed by atoms with Gasteiger partial charge < -0.3 is 4.74 Å². The van der Waals surface area contributed by atoms with Crippen molar-refractivity contribution >= 4 is 11.6 Å². The van der Waals surface area contributed by atoms with Crippen LogP contribution in [0.15, 0.2) is 54.6 Å². The molecule has 2 aromatic rings. The molecule has 4 heteroatoms. The van der Waals surface area contributed by atoms with Gasteiger partial charge in [-0.3, -0.25) is 5.84 Å².